The van der Waals surface area contributed by atoms with Crippen molar-refractivity contribution in [2.24, 2.45) is 17.1 Å². The zero-order valence-corrected chi connectivity index (χ0v) is 13.1. The van der Waals surface area contributed by atoms with E-state index in [9.17, 15) is 14.9 Å². The van der Waals surface area contributed by atoms with Gasteiger partial charge in [0.2, 0.25) is 11.8 Å². The molecule has 0 aromatic carbocycles. The Morgan fingerprint density at radius 3 is 2.05 bits per heavy atom. The maximum atomic E-state index is 12.7. The minimum absolute atomic E-state index is 0.117. The molecule has 114 valence electrons. The summed E-state index contributed by atoms with van der Waals surface area (Å²) in [4.78, 5) is 25.4. The van der Waals surface area contributed by atoms with Gasteiger partial charge in [-0.25, -0.2) is 0 Å². The molecule has 0 aliphatic heterocycles. The second kappa shape index (κ2) is 8.57. The zero-order valence-electron chi connectivity index (χ0n) is 13.1. The summed E-state index contributed by atoms with van der Waals surface area (Å²) in [6.07, 6.45) is 2.55. The minimum Gasteiger partial charge on any atom is -0.368 e. The Morgan fingerprint density at radius 2 is 1.75 bits per heavy atom. The number of rotatable bonds is 9. The Morgan fingerprint density at radius 1 is 1.25 bits per heavy atom. The number of amides is 2. The molecule has 5 nitrogen and oxygen atoms in total. The molecule has 0 rings (SSSR count). The average Bonchev–Trinajstić information content (AvgIpc) is 2.35. The van der Waals surface area contributed by atoms with Crippen LogP contribution in [0.2, 0.25) is 0 Å². The van der Waals surface area contributed by atoms with E-state index >= 15 is 0 Å². The first-order valence-corrected chi connectivity index (χ1v) is 7.31. The lowest BCUT2D eigenvalue weighted by molar-refractivity contribution is -0.143. The van der Waals surface area contributed by atoms with E-state index < -0.39 is 11.3 Å². The lowest BCUT2D eigenvalue weighted by Crippen LogP contribution is -2.48. The van der Waals surface area contributed by atoms with Crippen LogP contribution in [0.5, 0.6) is 0 Å². The second-order valence-corrected chi connectivity index (χ2v) is 5.74. The molecule has 20 heavy (non-hydrogen) atoms. The largest absolute Gasteiger partial charge is 0.368 e. The predicted molar refractivity (Wildman–Crippen MR) is 78.5 cm³/mol. The SMILES string of the molecule is CCCC(C#N)(CCC)C(=O)N(CC(N)=O)CC(C)C. The summed E-state index contributed by atoms with van der Waals surface area (Å²) in [5, 5.41) is 9.51. The summed E-state index contributed by atoms with van der Waals surface area (Å²) >= 11 is 0. The lowest BCUT2D eigenvalue weighted by Gasteiger charge is -2.32. The molecule has 0 spiro atoms. The third kappa shape index (κ3) is 5.20. The normalized spacial score (nSPS) is 11.2. The van der Waals surface area contributed by atoms with Gasteiger partial charge in [0.25, 0.3) is 0 Å². The highest BCUT2D eigenvalue weighted by atomic mass is 16.2. The van der Waals surface area contributed by atoms with Crippen LogP contribution >= 0.6 is 0 Å². The smallest absolute Gasteiger partial charge is 0.243 e. The highest BCUT2D eigenvalue weighted by Gasteiger charge is 2.40. The molecule has 0 saturated heterocycles. The van der Waals surface area contributed by atoms with Crippen molar-refractivity contribution in [3.63, 3.8) is 0 Å². The summed E-state index contributed by atoms with van der Waals surface area (Å²) in [5.41, 5.74) is 4.20. The molecule has 2 N–H and O–H groups in total. The number of nitrogens with zero attached hydrogens (tertiary/aromatic N) is 2. The van der Waals surface area contributed by atoms with Crippen molar-refractivity contribution in [1.29, 1.82) is 5.26 Å². The van der Waals surface area contributed by atoms with Gasteiger partial charge >= 0.3 is 0 Å². The molecule has 5 heteroatoms. The number of hydrogen-bond donors (Lipinski definition) is 1. The number of carbonyl (C=O) groups is 2. The Labute approximate surface area is 122 Å². The molecule has 0 heterocycles. The van der Waals surface area contributed by atoms with Crippen LogP contribution in [0.4, 0.5) is 0 Å². The van der Waals surface area contributed by atoms with E-state index in [1.165, 1.54) is 4.90 Å². The zero-order chi connectivity index (χ0) is 15.8. The molecule has 0 unspecified atom stereocenters. The van der Waals surface area contributed by atoms with E-state index in [1.807, 2.05) is 27.7 Å². The van der Waals surface area contributed by atoms with Gasteiger partial charge in [-0.1, -0.05) is 40.5 Å². The quantitative estimate of drug-likeness (QED) is 0.701. The first-order valence-electron chi connectivity index (χ1n) is 7.31. The van der Waals surface area contributed by atoms with Crippen molar-refractivity contribution in [2.75, 3.05) is 13.1 Å². The van der Waals surface area contributed by atoms with E-state index in [2.05, 4.69) is 6.07 Å². The van der Waals surface area contributed by atoms with Crippen LogP contribution < -0.4 is 5.73 Å². The number of primary amides is 1. The molecule has 0 atom stereocenters. The molecule has 0 aromatic heterocycles. The summed E-state index contributed by atoms with van der Waals surface area (Å²) < 4.78 is 0. The van der Waals surface area contributed by atoms with Crippen molar-refractivity contribution >= 4 is 11.8 Å². The van der Waals surface area contributed by atoms with E-state index in [4.69, 9.17) is 5.73 Å². The second-order valence-electron chi connectivity index (χ2n) is 5.74. The van der Waals surface area contributed by atoms with Gasteiger partial charge in [-0.2, -0.15) is 5.26 Å². The van der Waals surface area contributed by atoms with E-state index in [0.717, 1.165) is 12.8 Å². The summed E-state index contributed by atoms with van der Waals surface area (Å²) in [5.74, 6) is -0.576. The van der Waals surface area contributed by atoms with Crippen molar-refractivity contribution in [1.82, 2.24) is 4.90 Å². The van der Waals surface area contributed by atoms with Crippen molar-refractivity contribution < 1.29 is 9.59 Å². The summed E-state index contributed by atoms with van der Waals surface area (Å²) in [7, 11) is 0. The fraction of sp³-hybridized carbons (Fsp3) is 0.800. The lowest BCUT2D eigenvalue weighted by atomic mass is 9.79. The fourth-order valence-electron chi connectivity index (χ4n) is 2.50. The third-order valence-electron chi connectivity index (χ3n) is 3.20. The summed E-state index contributed by atoms with van der Waals surface area (Å²) in [6.45, 7) is 8.17. The fourth-order valence-corrected chi connectivity index (χ4v) is 2.50. The molecule has 0 bridgehead atoms. The van der Waals surface area contributed by atoms with Gasteiger partial charge in [-0.15, -0.1) is 0 Å². The van der Waals surface area contributed by atoms with Gasteiger partial charge in [0.1, 0.15) is 5.41 Å². The highest BCUT2D eigenvalue weighted by molar-refractivity contribution is 5.89. The maximum Gasteiger partial charge on any atom is 0.243 e. The van der Waals surface area contributed by atoms with Crippen LogP contribution in [0.1, 0.15) is 53.4 Å². The Balaban J connectivity index is 5.33. The third-order valence-corrected chi connectivity index (χ3v) is 3.20. The van der Waals surface area contributed by atoms with Crippen LogP contribution in [-0.4, -0.2) is 29.8 Å². The molecule has 0 aliphatic rings. The molecule has 0 fully saturated rings. The van der Waals surface area contributed by atoms with Crippen LogP contribution in [-0.2, 0) is 9.59 Å². The van der Waals surface area contributed by atoms with Crippen LogP contribution in [0.3, 0.4) is 0 Å². The molecule has 0 saturated carbocycles. The van der Waals surface area contributed by atoms with Crippen molar-refractivity contribution in [3.8, 4) is 6.07 Å². The van der Waals surface area contributed by atoms with Crippen LogP contribution in [0.25, 0.3) is 0 Å². The van der Waals surface area contributed by atoms with Crippen LogP contribution in [0, 0.1) is 22.7 Å². The van der Waals surface area contributed by atoms with E-state index in [0.29, 0.717) is 19.4 Å². The monoisotopic (exact) mass is 281 g/mol. The van der Waals surface area contributed by atoms with Gasteiger partial charge < -0.3 is 10.6 Å². The van der Waals surface area contributed by atoms with Gasteiger partial charge in [-0.05, 0) is 18.8 Å². The highest BCUT2D eigenvalue weighted by Crippen LogP contribution is 2.31. The van der Waals surface area contributed by atoms with Crippen molar-refractivity contribution in [2.45, 2.75) is 53.4 Å². The number of carbonyl (C=O) groups excluding carboxylic acids is 2. The first-order chi connectivity index (χ1) is 9.32. The number of nitrogens with two attached hydrogens (primary N) is 1. The summed E-state index contributed by atoms with van der Waals surface area (Å²) in [6, 6.07) is 2.20. The van der Waals surface area contributed by atoms with E-state index in [-0.39, 0.29) is 18.4 Å². The molecular weight excluding hydrogens is 254 g/mol. The Hall–Kier alpha value is -1.57. The van der Waals surface area contributed by atoms with Gasteiger partial charge in [0.15, 0.2) is 0 Å². The van der Waals surface area contributed by atoms with Crippen molar-refractivity contribution in [3.05, 3.63) is 0 Å². The van der Waals surface area contributed by atoms with E-state index in [1.54, 1.807) is 0 Å². The molecule has 2 amide bonds. The topological polar surface area (TPSA) is 87.2 Å². The molecule has 0 radical (unpaired) electrons. The Bertz CT molecular complexity index is 366. The molecule has 0 aliphatic carbocycles. The number of nitriles is 1. The first kappa shape index (κ1) is 18.4. The standard InChI is InChI=1S/C15H27N3O2/c1-5-7-15(11-16,8-6-2)14(20)18(9-12(3)4)10-13(17)19/h12H,5-10H2,1-4H3,(H2,17,19). The number of hydrogen-bond acceptors (Lipinski definition) is 3. The van der Waals surface area contributed by atoms with Gasteiger partial charge in [-0.3, -0.25) is 9.59 Å². The van der Waals surface area contributed by atoms with Crippen LogP contribution in [0.15, 0.2) is 0 Å². The molecular formula is C15H27N3O2. The minimum atomic E-state index is -1.02. The Kier molecular flexibility index (Phi) is 7.90. The molecule has 0 aromatic rings. The average molecular weight is 281 g/mol. The predicted octanol–water partition coefficient (Wildman–Crippen LogP) is 2.07. The van der Waals surface area contributed by atoms with Gasteiger partial charge in [0.05, 0.1) is 12.6 Å². The van der Waals surface area contributed by atoms with Gasteiger partial charge in [0, 0.05) is 6.54 Å². The maximum absolute atomic E-state index is 12.7.